The van der Waals surface area contributed by atoms with E-state index in [-0.39, 0.29) is 17.6 Å². The largest absolute Gasteiger partial charge is 0.507 e. The highest BCUT2D eigenvalue weighted by Gasteiger charge is 2.55. The lowest BCUT2D eigenvalue weighted by Gasteiger charge is -2.57. The first-order chi connectivity index (χ1) is 21.5. The van der Waals surface area contributed by atoms with Crippen molar-refractivity contribution < 1.29 is 14.6 Å². The second-order valence-electron chi connectivity index (χ2n) is 13.5. The number of phenols is 1. The summed E-state index contributed by atoms with van der Waals surface area (Å²) in [5.74, 6) is 2.44. The Balaban J connectivity index is 0.844. The third-order valence-electron chi connectivity index (χ3n) is 10.9. The fraction of sp³-hybridized carbons (Fsp3) is 0.545. The van der Waals surface area contributed by atoms with Crippen molar-refractivity contribution in [3.05, 3.63) is 48.3 Å². The number of esters is 1. The summed E-state index contributed by atoms with van der Waals surface area (Å²) in [6, 6.07) is 10.3. The maximum Gasteiger partial charge on any atom is 0.308 e. The van der Waals surface area contributed by atoms with Gasteiger partial charge in [0.25, 0.3) is 0 Å². The molecule has 2 aromatic heterocycles. The van der Waals surface area contributed by atoms with Crippen LogP contribution in [0.2, 0.25) is 0 Å². The Bertz CT molecular complexity index is 1530. The number of ether oxygens (including phenoxy) is 1. The molecule has 1 spiro atoms. The van der Waals surface area contributed by atoms with Crippen molar-refractivity contribution in [3.63, 3.8) is 0 Å². The van der Waals surface area contributed by atoms with Crippen molar-refractivity contribution in [2.24, 2.45) is 11.3 Å². The molecule has 44 heavy (non-hydrogen) atoms. The number of benzene rings is 1. The van der Waals surface area contributed by atoms with Crippen LogP contribution in [0.1, 0.15) is 50.0 Å². The summed E-state index contributed by atoms with van der Waals surface area (Å²) >= 11 is 0. The van der Waals surface area contributed by atoms with Crippen molar-refractivity contribution in [2.75, 3.05) is 61.5 Å². The molecule has 4 fully saturated rings. The third kappa shape index (κ3) is 4.81. The van der Waals surface area contributed by atoms with Crippen LogP contribution in [0.25, 0.3) is 11.3 Å². The van der Waals surface area contributed by atoms with Crippen molar-refractivity contribution in [1.82, 2.24) is 25.1 Å². The Kier molecular flexibility index (Phi) is 6.81. The fourth-order valence-electron chi connectivity index (χ4n) is 8.48. The van der Waals surface area contributed by atoms with Gasteiger partial charge in [-0.2, -0.15) is 0 Å². The van der Waals surface area contributed by atoms with E-state index in [9.17, 15) is 9.90 Å². The van der Waals surface area contributed by atoms with Crippen LogP contribution >= 0.6 is 0 Å². The number of carbonyl (C=O) groups excluding carboxylic acids is 1. The van der Waals surface area contributed by atoms with Gasteiger partial charge in [0.1, 0.15) is 5.75 Å². The van der Waals surface area contributed by atoms with Gasteiger partial charge in [-0.05, 0) is 73.6 Å². The molecular formula is C33H40N8O3. The number of phenolic OH excluding ortho intramolecular Hbond substituents is 1. The summed E-state index contributed by atoms with van der Waals surface area (Å²) in [6.07, 6.45) is 10.5. The van der Waals surface area contributed by atoms with Gasteiger partial charge in [-0.3, -0.25) is 9.69 Å². The van der Waals surface area contributed by atoms with Gasteiger partial charge in [0.05, 0.1) is 30.5 Å². The Labute approximate surface area is 257 Å². The first-order valence-electron chi connectivity index (χ1n) is 16.0. The summed E-state index contributed by atoms with van der Waals surface area (Å²) in [7, 11) is 1.48. The van der Waals surface area contributed by atoms with Crippen molar-refractivity contribution in [2.45, 2.75) is 56.5 Å². The first-order valence-corrected chi connectivity index (χ1v) is 16.0. The zero-order valence-corrected chi connectivity index (χ0v) is 25.2. The normalized spacial score (nSPS) is 28.3. The van der Waals surface area contributed by atoms with Crippen molar-refractivity contribution in [1.29, 1.82) is 0 Å². The lowest BCUT2D eigenvalue weighted by atomic mass is 9.47. The Hall–Kier alpha value is -3.99. The number of hydrogen-bond acceptors (Lipinski definition) is 11. The SMILES string of the molecule is COC(=O)[C@H]1CC2(C1)C[C@H](c1cnc(N3CCC(N4CCN5c6cc(-c7ccccc7O)nnc6NC[C@H]5C4)CC3)nc1)C2. The van der Waals surface area contributed by atoms with Crippen LogP contribution in [0.5, 0.6) is 5.75 Å². The molecule has 2 saturated carbocycles. The fourth-order valence-corrected chi connectivity index (χ4v) is 8.48. The summed E-state index contributed by atoms with van der Waals surface area (Å²) in [4.78, 5) is 28.8. The standard InChI is InChI=1S/C33H40N8O3/c1-44-31(43)22-15-33(16-22)13-21(14-33)23-17-35-32(36-18-23)39-8-6-24(7-9-39)40-10-11-41-25(20-40)19-34-30-28(41)12-27(37-38-30)26-4-2-3-5-29(26)42/h2-5,12,17-18,21-22,24-25,42H,6-11,13-16,19-20H2,1H3,(H,34,38)/t21-,22-,25-,33?/m0/s1. The molecule has 2 N–H and O–H groups in total. The van der Waals surface area contributed by atoms with Crippen LogP contribution in [0.4, 0.5) is 17.5 Å². The van der Waals surface area contributed by atoms with E-state index < -0.39 is 0 Å². The van der Waals surface area contributed by atoms with Gasteiger partial charge in [-0.15, -0.1) is 10.2 Å². The molecule has 5 heterocycles. The number of piperazine rings is 1. The van der Waals surface area contributed by atoms with Gasteiger partial charge in [0.15, 0.2) is 5.82 Å². The average Bonchev–Trinajstić information content (AvgIpc) is 3.03. The highest BCUT2D eigenvalue weighted by Crippen LogP contribution is 2.64. The summed E-state index contributed by atoms with van der Waals surface area (Å²) in [5.41, 5.74) is 4.04. The monoisotopic (exact) mass is 596 g/mol. The van der Waals surface area contributed by atoms with Crippen LogP contribution in [0.15, 0.2) is 42.7 Å². The van der Waals surface area contributed by atoms with Gasteiger partial charge in [0.2, 0.25) is 5.95 Å². The Morgan fingerprint density at radius 1 is 1.00 bits per heavy atom. The molecule has 2 saturated heterocycles. The molecule has 11 nitrogen and oxygen atoms in total. The quantitative estimate of drug-likeness (QED) is 0.420. The van der Waals surface area contributed by atoms with Crippen LogP contribution in [-0.2, 0) is 9.53 Å². The number of rotatable bonds is 5. The summed E-state index contributed by atoms with van der Waals surface area (Å²) in [5, 5.41) is 22.7. The lowest BCUT2D eigenvalue weighted by molar-refractivity contribution is -0.159. The molecular weight excluding hydrogens is 556 g/mol. The number of methoxy groups -OCH3 is 1. The number of nitrogens with one attached hydrogen (secondary N) is 1. The van der Waals surface area contributed by atoms with E-state index in [1.165, 1.54) is 12.7 Å². The van der Waals surface area contributed by atoms with Gasteiger partial charge >= 0.3 is 5.97 Å². The second kappa shape index (κ2) is 10.9. The van der Waals surface area contributed by atoms with E-state index in [0.717, 1.165) is 95.2 Å². The van der Waals surface area contributed by atoms with Gasteiger partial charge in [0, 0.05) is 63.3 Å². The predicted molar refractivity (Wildman–Crippen MR) is 167 cm³/mol. The molecule has 5 aliphatic rings. The maximum atomic E-state index is 11.8. The minimum atomic E-state index is -0.0509. The molecule has 1 aromatic carbocycles. The number of hydrogen-bond donors (Lipinski definition) is 2. The van der Waals surface area contributed by atoms with E-state index in [0.29, 0.717) is 34.7 Å². The zero-order chi connectivity index (χ0) is 29.8. The van der Waals surface area contributed by atoms with E-state index in [4.69, 9.17) is 14.7 Å². The Morgan fingerprint density at radius 2 is 1.77 bits per heavy atom. The summed E-state index contributed by atoms with van der Waals surface area (Å²) < 4.78 is 4.91. The summed E-state index contributed by atoms with van der Waals surface area (Å²) in [6.45, 7) is 5.76. The van der Waals surface area contributed by atoms with Gasteiger partial charge in [-0.1, -0.05) is 12.1 Å². The van der Waals surface area contributed by atoms with E-state index in [1.807, 2.05) is 30.6 Å². The van der Waals surface area contributed by atoms with E-state index in [1.54, 1.807) is 6.07 Å². The topological polar surface area (TPSA) is 120 Å². The number of aromatic nitrogens is 4. The number of para-hydroxylation sites is 1. The maximum absolute atomic E-state index is 11.8. The molecule has 230 valence electrons. The number of nitrogens with zero attached hydrogens (tertiary/aromatic N) is 7. The highest BCUT2D eigenvalue weighted by molar-refractivity contribution is 5.76. The number of carbonyl (C=O) groups is 1. The number of piperidine rings is 1. The molecule has 3 aliphatic heterocycles. The number of anilines is 3. The van der Waals surface area contributed by atoms with E-state index in [2.05, 4.69) is 36.3 Å². The zero-order valence-electron chi connectivity index (χ0n) is 25.2. The number of aromatic hydroxyl groups is 1. The lowest BCUT2D eigenvalue weighted by Crippen LogP contribution is -2.61. The molecule has 0 radical (unpaired) electrons. The highest BCUT2D eigenvalue weighted by atomic mass is 16.5. The number of fused-ring (bicyclic) bond motifs is 3. The van der Waals surface area contributed by atoms with Gasteiger partial charge in [-0.25, -0.2) is 9.97 Å². The van der Waals surface area contributed by atoms with Crippen LogP contribution in [0.3, 0.4) is 0 Å². The molecule has 8 rings (SSSR count). The molecule has 1 atom stereocenters. The molecule has 2 aliphatic carbocycles. The van der Waals surface area contributed by atoms with Crippen molar-refractivity contribution >= 4 is 23.4 Å². The molecule has 11 heteroatoms. The van der Waals surface area contributed by atoms with Gasteiger partial charge < -0.3 is 25.0 Å². The van der Waals surface area contributed by atoms with Crippen LogP contribution in [-0.4, -0.2) is 94.6 Å². The molecule has 3 aromatic rings. The van der Waals surface area contributed by atoms with Crippen molar-refractivity contribution in [3.8, 4) is 17.0 Å². The van der Waals surface area contributed by atoms with Crippen LogP contribution in [0, 0.1) is 11.3 Å². The Morgan fingerprint density at radius 3 is 2.52 bits per heavy atom. The first kappa shape index (κ1) is 27.6. The molecule has 0 amide bonds. The third-order valence-corrected chi connectivity index (χ3v) is 10.9. The average molecular weight is 597 g/mol. The smallest absolute Gasteiger partial charge is 0.308 e. The van der Waals surface area contributed by atoms with Crippen LogP contribution < -0.4 is 15.1 Å². The second-order valence-corrected chi connectivity index (χ2v) is 13.5. The molecule has 0 bridgehead atoms. The van der Waals surface area contributed by atoms with E-state index >= 15 is 0 Å². The minimum Gasteiger partial charge on any atom is -0.507 e. The molecule has 0 unspecified atom stereocenters. The predicted octanol–water partition coefficient (Wildman–Crippen LogP) is 3.67. The minimum absolute atomic E-state index is 0.0509.